The van der Waals surface area contributed by atoms with E-state index in [0.29, 0.717) is 5.56 Å². The third kappa shape index (κ3) is 3.61. The number of imidazole rings is 1. The lowest BCUT2D eigenvalue weighted by atomic mass is 10.1. The summed E-state index contributed by atoms with van der Waals surface area (Å²) in [6.45, 7) is 3.41. The largest absolute Gasteiger partial charge is 0.337 e. The van der Waals surface area contributed by atoms with Gasteiger partial charge in [-0.15, -0.1) is 0 Å². The van der Waals surface area contributed by atoms with Gasteiger partial charge in [0.15, 0.2) is 11.6 Å². The van der Waals surface area contributed by atoms with Crippen molar-refractivity contribution in [2.75, 3.05) is 6.54 Å². The summed E-state index contributed by atoms with van der Waals surface area (Å²) >= 11 is 0. The first-order chi connectivity index (χ1) is 9.18. The minimum atomic E-state index is -0.801. The molecule has 1 aromatic carbocycles. The third-order valence-electron chi connectivity index (χ3n) is 3.05. The number of nitrogens with zero attached hydrogens (tertiary/aromatic N) is 2. The van der Waals surface area contributed by atoms with Gasteiger partial charge >= 0.3 is 0 Å². The summed E-state index contributed by atoms with van der Waals surface area (Å²) in [5.74, 6) is -1.57. The van der Waals surface area contributed by atoms with Gasteiger partial charge in [-0.2, -0.15) is 0 Å². The summed E-state index contributed by atoms with van der Waals surface area (Å²) in [4.78, 5) is 3.96. The van der Waals surface area contributed by atoms with Crippen molar-refractivity contribution in [2.45, 2.75) is 25.9 Å². The van der Waals surface area contributed by atoms with Crippen molar-refractivity contribution in [3.05, 3.63) is 54.1 Å². The Morgan fingerprint density at radius 2 is 2.21 bits per heavy atom. The second-order valence-electron chi connectivity index (χ2n) is 4.47. The molecular weight excluding hydrogens is 248 g/mol. The van der Waals surface area contributed by atoms with Crippen molar-refractivity contribution in [2.24, 2.45) is 0 Å². The molecule has 1 N–H and O–H groups in total. The van der Waals surface area contributed by atoms with E-state index in [1.165, 1.54) is 6.07 Å². The molecule has 0 aliphatic carbocycles. The summed E-state index contributed by atoms with van der Waals surface area (Å²) in [5.41, 5.74) is 0.364. The number of halogens is 2. The van der Waals surface area contributed by atoms with Gasteiger partial charge in [-0.25, -0.2) is 13.8 Å². The molecule has 1 aromatic heterocycles. The Bertz CT molecular complexity index is 511. The number of aromatic nitrogens is 2. The third-order valence-corrected chi connectivity index (χ3v) is 3.05. The fraction of sp³-hybridized carbons (Fsp3) is 0.357. The van der Waals surface area contributed by atoms with Crippen molar-refractivity contribution >= 4 is 0 Å². The average molecular weight is 265 g/mol. The molecule has 0 fully saturated rings. The summed E-state index contributed by atoms with van der Waals surface area (Å²) in [7, 11) is 0. The van der Waals surface area contributed by atoms with E-state index in [9.17, 15) is 8.78 Å². The van der Waals surface area contributed by atoms with Crippen LogP contribution in [0.15, 0.2) is 36.9 Å². The Balaban J connectivity index is 1.81. The highest BCUT2D eigenvalue weighted by Crippen LogP contribution is 2.18. The highest BCUT2D eigenvalue weighted by Gasteiger charge is 2.13. The molecule has 0 saturated carbocycles. The first-order valence-electron chi connectivity index (χ1n) is 6.31. The molecule has 1 heterocycles. The number of benzene rings is 1. The van der Waals surface area contributed by atoms with Crippen molar-refractivity contribution in [1.29, 1.82) is 0 Å². The average Bonchev–Trinajstić information content (AvgIpc) is 2.91. The minimum Gasteiger partial charge on any atom is -0.337 e. The van der Waals surface area contributed by atoms with Crippen LogP contribution in [0.1, 0.15) is 24.9 Å². The van der Waals surface area contributed by atoms with E-state index in [1.807, 2.05) is 17.7 Å². The Kier molecular flexibility index (Phi) is 4.63. The van der Waals surface area contributed by atoms with Crippen LogP contribution in [0.2, 0.25) is 0 Å². The van der Waals surface area contributed by atoms with Gasteiger partial charge in [0, 0.05) is 30.5 Å². The summed E-state index contributed by atoms with van der Waals surface area (Å²) in [5, 5.41) is 3.19. The topological polar surface area (TPSA) is 29.9 Å². The maximum atomic E-state index is 13.6. The molecule has 0 spiro atoms. The zero-order chi connectivity index (χ0) is 13.7. The van der Waals surface area contributed by atoms with Gasteiger partial charge in [-0.3, -0.25) is 0 Å². The number of nitrogens with one attached hydrogen (secondary N) is 1. The van der Waals surface area contributed by atoms with Crippen LogP contribution in [-0.2, 0) is 6.54 Å². The van der Waals surface area contributed by atoms with Gasteiger partial charge in [-0.1, -0.05) is 12.1 Å². The second kappa shape index (κ2) is 6.43. The molecule has 0 amide bonds. The molecule has 3 nitrogen and oxygen atoms in total. The number of aryl methyl sites for hydroxylation is 1. The van der Waals surface area contributed by atoms with E-state index in [-0.39, 0.29) is 6.04 Å². The molecule has 1 atom stereocenters. The highest BCUT2D eigenvalue weighted by molar-refractivity contribution is 5.21. The van der Waals surface area contributed by atoms with Crippen LogP contribution in [0.4, 0.5) is 8.78 Å². The molecule has 0 aliphatic heterocycles. The SMILES string of the molecule is CC(NCCCn1ccnc1)c1cccc(F)c1F. The minimum absolute atomic E-state index is 0.210. The quantitative estimate of drug-likeness (QED) is 0.814. The Morgan fingerprint density at radius 1 is 1.37 bits per heavy atom. The maximum Gasteiger partial charge on any atom is 0.163 e. The lowest BCUT2D eigenvalue weighted by Crippen LogP contribution is -2.22. The van der Waals surface area contributed by atoms with Gasteiger partial charge in [0.2, 0.25) is 0 Å². The Labute approximate surface area is 111 Å². The monoisotopic (exact) mass is 265 g/mol. The smallest absolute Gasteiger partial charge is 0.163 e. The van der Waals surface area contributed by atoms with E-state index < -0.39 is 11.6 Å². The van der Waals surface area contributed by atoms with Gasteiger partial charge in [0.1, 0.15) is 0 Å². The zero-order valence-corrected chi connectivity index (χ0v) is 10.8. The molecule has 0 aliphatic rings. The number of hydrogen-bond acceptors (Lipinski definition) is 2. The van der Waals surface area contributed by atoms with Crippen LogP contribution in [-0.4, -0.2) is 16.1 Å². The molecule has 102 valence electrons. The van der Waals surface area contributed by atoms with Crippen LogP contribution in [0, 0.1) is 11.6 Å². The fourth-order valence-corrected chi connectivity index (χ4v) is 1.96. The first-order valence-corrected chi connectivity index (χ1v) is 6.31. The molecule has 1 unspecified atom stereocenters. The molecule has 0 bridgehead atoms. The number of rotatable bonds is 6. The highest BCUT2D eigenvalue weighted by atomic mass is 19.2. The molecule has 2 rings (SSSR count). The molecule has 0 radical (unpaired) electrons. The van der Waals surface area contributed by atoms with Gasteiger partial charge < -0.3 is 9.88 Å². The predicted molar refractivity (Wildman–Crippen MR) is 69.6 cm³/mol. The number of hydrogen-bond donors (Lipinski definition) is 1. The molecular formula is C14H17F2N3. The lowest BCUT2D eigenvalue weighted by Gasteiger charge is -2.15. The molecule has 0 saturated heterocycles. The van der Waals surface area contributed by atoms with Crippen LogP contribution < -0.4 is 5.32 Å². The van der Waals surface area contributed by atoms with Crippen LogP contribution >= 0.6 is 0 Å². The second-order valence-corrected chi connectivity index (χ2v) is 4.47. The van der Waals surface area contributed by atoms with Crippen molar-refractivity contribution in [3.63, 3.8) is 0 Å². The molecule has 5 heteroatoms. The standard InChI is InChI=1S/C14H17F2N3/c1-11(12-4-2-5-13(15)14(12)16)18-6-3-8-19-9-7-17-10-19/h2,4-5,7,9-11,18H,3,6,8H2,1H3. The molecule has 2 aromatic rings. The van der Waals surface area contributed by atoms with E-state index in [1.54, 1.807) is 18.6 Å². The van der Waals surface area contributed by atoms with Gasteiger partial charge in [0.05, 0.1) is 6.33 Å². The summed E-state index contributed by atoms with van der Waals surface area (Å²) in [6.07, 6.45) is 6.29. The van der Waals surface area contributed by atoms with E-state index in [0.717, 1.165) is 25.6 Å². The normalized spacial score (nSPS) is 12.6. The van der Waals surface area contributed by atoms with Crippen molar-refractivity contribution < 1.29 is 8.78 Å². The van der Waals surface area contributed by atoms with E-state index >= 15 is 0 Å². The zero-order valence-electron chi connectivity index (χ0n) is 10.8. The van der Waals surface area contributed by atoms with E-state index in [4.69, 9.17) is 0 Å². The van der Waals surface area contributed by atoms with Gasteiger partial charge in [0.25, 0.3) is 0 Å². The predicted octanol–water partition coefficient (Wildman–Crippen LogP) is 2.90. The Morgan fingerprint density at radius 3 is 2.95 bits per heavy atom. The maximum absolute atomic E-state index is 13.6. The van der Waals surface area contributed by atoms with Gasteiger partial charge in [-0.05, 0) is 26.0 Å². The summed E-state index contributed by atoms with van der Waals surface area (Å²) in [6, 6.07) is 4.05. The van der Waals surface area contributed by atoms with Crippen LogP contribution in [0.3, 0.4) is 0 Å². The first kappa shape index (κ1) is 13.7. The van der Waals surface area contributed by atoms with Crippen LogP contribution in [0.5, 0.6) is 0 Å². The lowest BCUT2D eigenvalue weighted by molar-refractivity contribution is 0.466. The Hall–Kier alpha value is -1.75. The van der Waals surface area contributed by atoms with Crippen molar-refractivity contribution in [3.8, 4) is 0 Å². The van der Waals surface area contributed by atoms with E-state index in [2.05, 4.69) is 10.3 Å². The molecule has 19 heavy (non-hydrogen) atoms. The summed E-state index contributed by atoms with van der Waals surface area (Å²) < 4.78 is 28.6. The van der Waals surface area contributed by atoms with Crippen LogP contribution in [0.25, 0.3) is 0 Å². The fourth-order valence-electron chi connectivity index (χ4n) is 1.96. The van der Waals surface area contributed by atoms with Crippen molar-refractivity contribution in [1.82, 2.24) is 14.9 Å².